The first-order chi connectivity index (χ1) is 9.68. The van der Waals surface area contributed by atoms with E-state index in [9.17, 15) is 9.90 Å². The van der Waals surface area contributed by atoms with E-state index in [1.165, 1.54) is 6.42 Å². The fraction of sp³-hybridized carbons (Fsp3) is 0.438. The molecule has 20 heavy (non-hydrogen) atoms. The van der Waals surface area contributed by atoms with E-state index in [-0.39, 0.29) is 0 Å². The Hall–Kier alpha value is -1.81. The predicted molar refractivity (Wildman–Crippen MR) is 78.8 cm³/mol. The molecule has 4 heteroatoms. The fourth-order valence-electron chi connectivity index (χ4n) is 3.29. The van der Waals surface area contributed by atoms with Crippen molar-refractivity contribution in [1.82, 2.24) is 9.88 Å². The Kier molecular flexibility index (Phi) is 3.49. The standard InChI is InChI=1S/C16H20N2O2/c1-11-14(12-7-3-4-8-13(12)17-11)15(16(19)20)18-9-5-2-6-10-18/h3-4,7-8,15,17H,2,5-6,9-10H2,1H3,(H,19,20)/t15-/m1/s1. The van der Waals surface area contributed by atoms with Crippen LogP contribution in [0.3, 0.4) is 0 Å². The lowest BCUT2D eigenvalue weighted by Gasteiger charge is -2.32. The Morgan fingerprint density at radius 2 is 1.95 bits per heavy atom. The zero-order valence-electron chi connectivity index (χ0n) is 11.7. The van der Waals surface area contributed by atoms with Crippen LogP contribution in [0.5, 0.6) is 0 Å². The lowest BCUT2D eigenvalue weighted by Crippen LogP contribution is -2.38. The molecule has 0 amide bonds. The second kappa shape index (κ2) is 5.29. The van der Waals surface area contributed by atoms with Crippen LogP contribution in [-0.4, -0.2) is 34.0 Å². The topological polar surface area (TPSA) is 56.3 Å². The largest absolute Gasteiger partial charge is 0.480 e. The summed E-state index contributed by atoms with van der Waals surface area (Å²) in [4.78, 5) is 17.3. The van der Waals surface area contributed by atoms with E-state index in [4.69, 9.17) is 0 Å². The molecule has 0 unspecified atom stereocenters. The second-order valence-electron chi connectivity index (χ2n) is 5.55. The molecule has 1 atom stereocenters. The molecule has 1 aliphatic heterocycles. The molecule has 2 heterocycles. The fourth-order valence-corrected chi connectivity index (χ4v) is 3.29. The molecule has 0 bridgehead atoms. The second-order valence-corrected chi connectivity index (χ2v) is 5.55. The Balaban J connectivity index is 2.09. The van der Waals surface area contributed by atoms with E-state index in [2.05, 4.69) is 9.88 Å². The lowest BCUT2D eigenvalue weighted by molar-refractivity contribution is -0.144. The van der Waals surface area contributed by atoms with Gasteiger partial charge in [-0.25, -0.2) is 0 Å². The van der Waals surface area contributed by atoms with Crippen molar-refractivity contribution in [2.24, 2.45) is 0 Å². The predicted octanol–water partition coefficient (Wildman–Crippen LogP) is 3.09. The van der Waals surface area contributed by atoms with Gasteiger partial charge in [-0.15, -0.1) is 0 Å². The number of fused-ring (bicyclic) bond motifs is 1. The quantitative estimate of drug-likeness (QED) is 0.902. The summed E-state index contributed by atoms with van der Waals surface area (Å²) in [7, 11) is 0. The van der Waals surface area contributed by atoms with Gasteiger partial charge >= 0.3 is 5.97 Å². The van der Waals surface area contributed by atoms with E-state index >= 15 is 0 Å². The van der Waals surface area contributed by atoms with Gasteiger partial charge in [-0.3, -0.25) is 9.69 Å². The van der Waals surface area contributed by atoms with Gasteiger partial charge in [-0.1, -0.05) is 24.6 Å². The number of hydrogen-bond acceptors (Lipinski definition) is 2. The number of rotatable bonds is 3. The number of nitrogens with one attached hydrogen (secondary N) is 1. The first-order valence-corrected chi connectivity index (χ1v) is 7.22. The number of aryl methyl sites for hydroxylation is 1. The number of H-pyrrole nitrogens is 1. The van der Waals surface area contributed by atoms with Crippen molar-refractivity contribution in [2.75, 3.05) is 13.1 Å². The molecule has 1 aliphatic rings. The lowest BCUT2D eigenvalue weighted by atomic mass is 9.99. The van der Waals surface area contributed by atoms with E-state index in [0.29, 0.717) is 0 Å². The molecule has 4 nitrogen and oxygen atoms in total. The molecule has 3 rings (SSSR count). The van der Waals surface area contributed by atoms with Crippen LogP contribution in [0.2, 0.25) is 0 Å². The minimum Gasteiger partial charge on any atom is -0.480 e. The van der Waals surface area contributed by atoms with Gasteiger partial charge < -0.3 is 10.1 Å². The third kappa shape index (κ3) is 2.20. The van der Waals surface area contributed by atoms with E-state index in [1.54, 1.807) is 0 Å². The maximum Gasteiger partial charge on any atom is 0.325 e. The number of carboxylic acid groups (broad SMARTS) is 1. The first-order valence-electron chi connectivity index (χ1n) is 7.22. The van der Waals surface area contributed by atoms with Crippen LogP contribution in [0.25, 0.3) is 10.9 Å². The van der Waals surface area contributed by atoms with Crippen molar-refractivity contribution >= 4 is 16.9 Å². The molecule has 1 aromatic carbocycles. The van der Waals surface area contributed by atoms with Crippen LogP contribution in [0.4, 0.5) is 0 Å². The van der Waals surface area contributed by atoms with Crippen molar-refractivity contribution in [3.63, 3.8) is 0 Å². The summed E-state index contributed by atoms with van der Waals surface area (Å²) in [6.45, 7) is 3.71. The number of benzene rings is 1. The monoisotopic (exact) mass is 272 g/mol. The Labute approximate surface area is 118 Å². The molecule has 106 valence electrons. The third-order valence-corrected chi connectivity index (χ3v) is 4.21. The van der Waals surface area contributed by atoms with Crippen molar-refractivity contribution < 1.29 is 9.90 Å². The summed E-state index contributed by atoms with van der Waals surface area (Å²) in [5, 5.41) is 10.8. The van der Waals surface area contributed by atoms with Crippen LogP contribution >= 0.6 is 0 Å². The zero-order chi connectivity index (χ0) is 14.1. The zero-order valence-corrected chi connectivity index (χ0v) is 11.7. The number of piperidine rings is 1. The van der Waals surface area contributed by atoms with Crippen molar-refractivity contribution in [3.05, 3.63) is 35.5 Å². The summed E-state index contributed by atoms with van der Waals surface area (Å²) >= 11 is 0. The number of likely N-dealkylation sites (tertiary alicyclic amines) is 1. The maximum atomic E-state index is 11.8. The number of carboxylic acids is 1. The highest BCUT2D eigenvalue weighted by Gasteiger charge is 2.31. The van der Waals surface area contributed by atoms with E-state index in [1.807, 2.05) is 31.2 Å². The number of hydrogen-bond donors (Lipinski definition) is 2. The molecule has 1 aromatic heterocycles. The molecule has 2 N–H and O–H groups in total. The molecular formula is C16H20N2O2. The maximum absolute atomic E-state index is 11.8. The highest BCUT2D eigenvalue weighted by Crippen LogP contribution is 2.33. The van der Waals surface area contributed by atoms with Crippen molar-refractivity contribution in [1.29, 1.82) is 0 Å². The number of aromatic nitrogens is 1. The van der Waals surface area contributed by atoms with E-state index in [0.717, 1.165) is 48.1 Å². The highest BCUT2D eigenvalue weighted by atomic mass is 16.4. The Bertz CT molecular complexity index is 626. The minimum absolute atomic E-state index is 0.536. The van der Waals surface area contributed by atoms with Gasteiger partial charge in [0.25, 0.3) is 0 Å². The summed E-state index contributed by atoms with van der Waals surface area (Å²) in [5.41, 5.74) is 2.91. The van der Waals surface area contributed by atoms with Gasteiger partial charge in [-0.05, 0) is 38.9 Å². The average Bonchev–Trinajstić information content (AvgIpc) is 2.77. The number of nitrogens with zero attached hydrogens (tertiary/aromatic N) is 1. The molecule has 0 saturated carbocycles. The van der Waals surface area contributed by atoms with Crippen LogP contribution < -0.4 is 0 Å². The molecule has 1 saturated heterocycles. The van der Waals surface area contributed by atoms with Gasteiger partial charge in [0.05, 0.1) is 0 Å². The van der Waals surface area contributed by atoms with Gasteiger partial charge in [0.1, 0.15) is 6.04 Å². The third-order valence-electron chi connectivity index (χ3n) is 4.21. The first kappa shape index (κ1) is 13.2. The van der Waals surface area contributed by atoms with Crippen LogP contribution in [0.1, 0.15) is 36.6 Å². The van der Waals surface area contributed by atoms with Gasteiger partial charge in [0, 0.05) is 22.2 Å². The number of carbonyl (C=O) groups is 1. The number of aliphatic carboxylic acids is 1. The molecule has 1 fully saturated rings. The van der Waals surface area contributed by atoms with E-state index < -0.39 is 12.0 Å². The Morgan fingerprint density at radius 3 is 2.65 bits per heavy atom. The highest BCUT2D eigenvalue weighted by molar-refractivity contribution is 5.90. The van der Waals surface area contributed by atoms with Crippen LogP contribution in [0.15, 0.2) is 24.3 Å². The van der Waals surface area contributed by atoms with Crippen molar-refractivity contribution in [3.8, 4) is 0 Å². The number of para-hydroxylation sites is 1. The summed E-state index contributed by atoms with van der Waals surface area (Å²) < 4.78 is 0. The summed E-state index contributed by atoms with van der Waals surface area (Å²) in [5.74, 6) is -0.750. The minimum atomic E-state index is -0.750. The summed E-state index contributed by atoms with van der Waals surface area (Å²) in [6, 6.07) is 7.41. The van der Waals surface area contributed by atoms with Crippen LogP contribution in [0, 0.1) is 6.92 Å². The SMILES string of the molecule is Cc1[nH]c2ccccc2c1[C@H](C(=O)O)N1CCCCC1. The van der Waals surface area contributed by atoms with Crippen LogP contribution in [-0.2, 0) is 4.79 Å². The van der Waals surface area contributed by atoms with Gasteiger partial charge in [0.15, 0.2) is 0 Å². The summed E-state index contributed by atoms with van der Waals surface area (Å²) in [6.07, 6.45) is 3.38. The molecular weight excluding hydrogens is 252 g/mol. The molecule has 0 aliphatic carbocycles. The van der Waals surface area contributed by atoms with Crippen molar-refractivity contribution in [2.45, 2.75) is 32.2 Å². The molecule has 0 spiro atoms. The normalized spacial score (nSPS) is 18.2. The average molecular weight is 272 g/mol. The number of aromatic amines is 1. The van der Waals surface area contributed by atoms with Gasteiger partial charge in [-0.2, -0.15) is 0 Å². The van der Waals surface area contributed by atoms with Gasteiger partial charge in [0.2, 0.25) is 0 Å². The smallest absolute Gasteiger partial charge is 0.325 e. The molecule has 0 radical (unpaired) electrons. The molecule has 2 aromatic rings. The Morgan fingerprint density at radius 1 is 1.25 bits per heavy atom.